The van der Waals surface area contributed by atoms with E-state index >= 15 is 0 Å². The maximum Gasteiger partial charge on any atom is 1.00 e. The second-order valence-electron chi connectivity index (χ2n) is 5.36. The summed E-state index contributed by atoms with van der Waals surface area (Å²) >= 11 is 0. The van der Waals surface area contributed by atoms with E-state index in [0.29, 0.717) is 0 Å². The average molecular weight is 348 g/mol. The molecule has 0 spiro atoms. The zero-order valence-corrected chi connectivity index (χ0v) is 18.1. The average Bonchev–Trinajstić information content (AvgIpc) is 2.43. The largest absolute Gasteiger partial charge is 1.00 e. The first-order chi connectivity index (χ1) is 9.54. The molecule has 0 amide bonds. The van der Waals surface area contributed by atoms with Gasteiger partial charge in [-0.05, 0) is 12.8 Å². The van der Waals surface area contributed by atoms with Gasteiger partial charge in [0.1, 0.15) is 0 Å². The van der Waals surface area contributed by atoms with Crippen LogP contribution in [0.25, 0.3) is 0 Å². The van der Waals surface area contributed by atoms with Crippen molar-refractivity contribution in [3.63, 3.8) is 0 Å². The Morgan fingerprint density at radius 2 is 1.29 bits per heavy atom. The van der Waals surface area contributed by atoms with E-state index in [-0.39, 0.29) is 64.4 Å². The third-order valence-electron chi connectivity index (χ3n) is 3.43. The molecule has 0 heterocycles. The second kappa shape index (κ2) is 16.4. The monoisotopic (exact) mass is 347 g/mol. The smallest absolute Gasteiger partial charge is 0.375 e. The molecule has 0 aliphatic heterocycles. The molecule has 0 bridgehead atoms. The normalized spacial score (nSPS) is 12.9. The van der Waals surface area contributed by atoms with Crippen molar-refractivity contribution in [2.45, 2.75) is 89.9 Å². The van der Waals surface area contributed by atoms with E-state index in [1.165, 1.54) is 44.9 Å². The SMILES string of the molecule is CCCCCCCCCCCCOS(=O)(=O)C(O)CC.[K+]. The van der Waals surface area contributed by atoms with Gasteiger partial charge in [0.25, 0.3) is 10.1 Å². The molecule has 21 heavy (non-hydrogen) atoms. The van der Waals surface area contributed by atoms with Crippen molar-refractivity contribution in [3.8, 4) is 0 Å². The molecule has 1 unspecified atom stereocenters. The number of unbranched alkanes of at least 4 members (excludes halogenated alkanes) is 9. The Morgan fingerprint density at radius 3 is 1.71 bits per heavy atom. The van der Waals surface area contributed by atoms with Crippen molar-refractivity contribution in [1.82, 2.24) is 0 Å². The molecule has 0 aromatic rings. The van der Waals surface area contributed by atoms with Crippen LogP contribution >= 0.6 is 0 Å². The number of aliphatic hydroxyl groups is 1. The molecule has 0 saturated heterocycles. The minimum absolute atomic E-state index is 0. The number of hydrogen-bond donors (Lipinski definition) is 1. The van der Waals surface area contributed by atoms with E-state index in [9.17, 15) is 13.5 Å². The van der Waals surface area contributed by atoms with Gasteiger partial charge in [0.2, 0.25) is 0 Å². The number of aliphatic hydroxyl groups excluding tert-OH is 1. The van der Waals surface area contributed by atoms with Gasteiger partial charge in [-0.15, -0.1) is 0 Å². The molecule has 0 saturated carbocycles. The quantitative estimate of drug-likeness (QED) is 0.289. The summed E-state index contributed by atoms with van der Waals surface area (Å²) in [6.45, 7) is 4.03. The Hall–Kier alpha value is 1.51. The molecule has 6 heteroatoms. The molecular weight excluding hydrogens is 315 g/mol. The van der Waals surface area contributed by atoms with Gasteiger partial charge in [0.15, 0.2) is 5.44 Å². The summed E-state index contributed by atoms with van der Waals surface area (Å²) in [5, 5.41) is 9.23. The van der Waals surface area contributed by atoms with Crippen LogP contribution in [-0.2, 0) is 14.3 Å². The Kier molecular flexibility index (Phi) is 19.3. The molecule has 0 aromatic heterocycles. The molecule has 0 radical (unpaired) electrons. The van der Waals surface area contributed by atoms with Crippen LogP contribution in [0.1, 0.15) is 84.5 Å². The minimum atomic E-state index is -3.77. The number of rotatable bonds is 14. The van der Waals surface area contributed by atoms with Crippen LogP contribution in [0, 0.1) is 0 Å². The van der Waals surface area contributed by atoms with Crippen LogP contribution < -0.4 is 51.4 Å². The third kappa shape index (κ3) is 14.8. The van der Waals surface area contributed by atoms with Gasteiger partial charge in [-0.2, -0.15) is 8.42 Å². The molecule has 122 valence electrons. The molecule has 0 rings (SSSR count). The maximum absolute atomic E-state index is 11.3. The van der Waals surface area contributed by atoms with Gasteiger partial charge in [0, 0.05) is 0 Å². The zero-order valence-electron chi connectivity index (χ0n) is 14.1. The Balaban J connectivity index is 0. The first-order valence-corrected chi connectivity index (χ1v) is 9.58. The van der Waals surface area contributed by atoms with Gasteiger partial charge >= 0.3 is 51.4 Å². The summed E-state index contributed by atoms with van der Waals surface area (Å²) in [6.07, 6.45) is 12.2. The van der Waals surface area contributed by atoms with Crippen molar-refractivity contribution < 1.29 is 69.1 Å². The van der Waals surface area contributed by atoms with E-state index in [0.717, 1.165) is 19.3 Å². The van der Waals surface area contributed by atoms with Crippen LogP contribution in [0.15, 0.2) is 0 Å². The van der Waals surface area contributed by atoms with Gasteiger partial charge < -0.3 is 5.11 Å². The maximum atomic E-state index is 11.3. The summed E-state index contributed by atoms with van der Waals surface area (Å²) in [5.41, 5.74) is -1.38. The Labute approximate surface area is 174 Å². The van der Waals surface area contributed by atoms with E-state index in [1.54, 1.807) is 6.92 Å². The van der Waals surface area contributed by atoms with Gasteiger partial charge in [0.05, 0.1) is 6.61 Å². The third-order valence-corrected chi connectivity index (χ3v) is 4.92. The van der Waals surface area contributed by atoms with Crippen molar-refractivity contribution in [2.24, 2.45) is 0 Å². The van der Waals surface area contributed by atoms with Crippen molar-refractivity contribution in [1.29, 1.82) is 0 Å². The molecular formula is C15H32KO4S+. The molecule has 0 fully saturated rings. The minimum Gasteiger partial charge on any atom is -0.375 e. The zero-order chi connectivity index (χ0) is 15.3. The van der Waals surface area contributed by atoms with Crippen molar-refractivity contribution in [2.75, 3.05) is 6.61 Å². The van der Waals surface area contributed by atoms with Crippen LogP contribution in [0.4, 0.5) is 0 Å². The van der Waals surface area contributed by atoms with Crippen LogP contribution in [0.3, 0.4) is 0 Å². The molecule has 4 nitrogen and oxygen atoms in total. The van der Waals surface area contributed by atoms with Crippen LogP contribution in [0.5, 0.6) is 0 Å². The topological polar surface area (TPSA) is 63.6 Å². The summed E-state index contributed by atoms with van der Waals surface area (Å²) < 4.78 is 27.5. The van der Waals surface area contributed by atoms with Crippen LogP contribution in [-0.4, -0.2) is 25.6 Å². The predicted molar refractivity (Wildman–Crippen MR) is 83.0 cm³/mol. The fraction of sp³-hybridized carbons (Fsp3) is 1.00. The van der Waals surface area contributed by atoms with Crippen LogP contribution in [0.2, 0.25) is 0 Å². The van der Waals surface area contributed by atoms with E-state index in [2.05, 4.69) is 6.92 Å². The molecule has 0 aliphatic carbocycles. The Bertz CT molecular complexity index is 307. The molecule has 1 N–H and O–H groups in total. The standard InChI is InChI=1S/C15H32O4S.K/c1-3-5-6-7-8-9-10-11-12-13-14-19-20(17,18)15(16)4-2;/h15-16H,3-14H2,1-2H3;/q;+1. The predicted octanol–water partition coefficient (Wildman–Crippen LogP) is 0.986. The van der Waals surface area contributed by atoms with E-state index < -0.39 is 15.6 Å². The fourth-order valence-electron chi connectivity index (χ4n) is 2.05. The van der Waals surface area contributed by atoms with E-state index in [1.807, 2.05) is 0 Å². The van der Waals surface area contributed by atoms with E-state index in [4.69, 9.17) is 4.18 Å². The summed E-state index contributed by atoms with van der Waals surface area (Å²) in [5.74, 6) is 0. The summed E-state index contributed by atoms with van der Waals surface area (Å²) in [6, 6.07) is 0. The van der Waals surface area contributed by atoms with Gasteiger partial charge in [-0.1, -0.05) is 71.6 Å². The Morgan fingerprint density at radius 1 is 0.857 bits per heavy atom. The van der Waals surface area contributed by atoms with Crippen molar-refractivity contribution in [3.05, 3.63) is 0 Å². The fourth-order valence-corrected chi connectivity index (χ4v) is 2.96. The second-order valence-corrected chi connectivity index (χ2v) is 7.13. The first kappa shape index (κ1) is 24.8. The first-order valence-electron chi connectivity index (χ1n) is 8.11. The van der Waals surface area contributed by atoms with Gasteiger partial charge in [-0.3, -0.25) is 4.18 Å². The summed E-state index contributed by atoms with van der Waals surface area (Å²) in [4.78, 5) is 0. The van der Waals surface area contributed by atoms with Crippen molar-refractivity contribution >= 4 is 10.1 Å². The molecule has 0 aromatic carbocycles. The molecule has 1 atom stereocenters. The molecule has 0 aliphatic rings. The number of hydrogen-bond acceptors (Lipinski definition) is 4. The summed E-state index contributed by atoms with van der Waals surface area (Å²) in [7, 11) is -3.77. The van der Waals surface area contributed by atoms with Gasteiger partial charge in [-0.25, -0.2) is 0 Å².